The van der Waals surface area contributed by atoms with Crippen LogP contribution in [0.2, 0.25) is 0 Å². The van der Waals surface area contributed by atoms with Gasteiger partial charge in [-0.25, -0.2) is 4.79 Å². The summed E-state index contributed by atoms with van der Waals surface area (Å²) in [6, 6.07) is 0. The fraction of sp³-hybridized carbons (Fsp3) is 0.786. The van der Waals surface area contributed by atoms with Crippen molar-refractivity contribution in [2.45, 2.75) is 59.7 Å². The molecule has 0 rings (SSSR count). The first kappa shape index (κ1) is 18.4. The van der Waals surface area contributed by atoms with Gasteiger partial charge in [0, 0.05) is 25.7 Å². The van der Waals surface area contributed by atoms with E-state index in [0.717, 1.165) is 0 Å². The summed E-state index contributed by atoms with van der Waals surface area (Å²) in [5, 5.41) is 0. The first-order valence-corrected chi connectivity index (χ1v) is 6.93. The highest BCUT2D eigenvalue weighted by atomic mass is 16.8. The fourth-order valence-electron chi connectivity index (χ4n) is 1.20. The van der Waals surface area contributed by atoms with Gasteiger partial charge in [0.1, 0.15) is 5.78 Å². The molecule has 20 heavy (non-hydrogen) atoms. The topological polar surface area (TPSA) is 78.9 Å². The summed E-state index contributed by atoms with van der Waals surface area (Å²) >= 11 is 0. The zero-order valence-corrected chi connectivity index (χ0v) is 12.6. The van der Waals surface area contributed by atoms with E-state index in [9.17, 15) is 14.4 Å². The van der Waals surface area contributed by atoms with E-state index < -0.39 is 18.4 Å². The Morgan fingerprint density at radius 3 is 2.15 bits per heavy atom. The Morgan fingerprint density at radius 2 is 1.65 bits per heavy atom. The number of esters is 1. The summed E-state index contributed by atoms with van der Waals surface area (Å²) < 4.78 is 14.7. The third-order valence-electron chi connectivity index (χ3n) is 2.37. The van der Waals surface area contributed by atoms with Crippen LogP contribution in [0.15, 0.2) is 0 Å². The number of rotatable bonds is 9. The van der Waals surface area contributed by atoms with Gasteiger partial charge in [0.25, 0.3) is 6.29 Å². The first-order chi connectivity index (χ1) is 9.38. The summed E-state index contributed by atoms with van der Waals surface area (Å²) in [5.74, 6) is -0.293. The monoisotopic (exact) mass is 288 g/mol. The van der Waals surface area contributed by atoms with Gasteiger partial charge in [-0.1, -0.05) is 27.7 Å². The molecule has 0 spiro atoms. The number of Topliss-reactive ketones (excluding diaryl/α,β-unsaturated/α-hetero) is 1. The van der Waals surface area contributed by atoms with Crippen molar-refractivity contribution in [2.24, 2.45) is 5.92 Å². The lowest BCUT2D eigenvalue weighted by molar-refractivity contribution is -0.172. The third kappa shape index (κ3) is 9.35. The van der Waals surface area contributed by atoms with Crippen LogP contribution in [0.4, 0.5) is 4.79 Å². The molecule has 1 atom stereocenters. The van der Waals surface area contributed by atoms with Crippen LogP contribution in [-0.4, -0.2) is 30.8 Å². The Kier molecular flexibility index (Phi) is 9.41. The van der Waals surface area contributed by atoms with Gasteiger partial charge in [0.05, 0.1) is 6.61 Å². The van der Waals surface area contributed by atoms with E-state index in [0.29, 0.717) is 6.42 Å². The van der Waals surface area contributed by atoms with Crippen LogP contribution in [-0.2, 0) is 23.8 Å². The number of carbonyl (C=O) groups excluding carboxylic acids is 3. The zero-order chi connectivity index (χ0) is 15.5. The molecule has 0 bridgehead atoms. The van der Waals surface area contributed by atoms with Gasteiger partial charge in [-0.3, -0.25) is 9.59 Å². The van der Waals surface area contributed by atoms with Crippen molar-refractivity contribution in [3.05, 3.63) is 0 Å². The molecule has 0 heterocycles. The second-order valence-electron chi connectivity index (χ2n) is 4.78. The van der Waals surface area contributed by atoms with Crippen molar-refractivity contribution in [2.75, 3.05) is 6.61 Å². The number of hydrogen-bond acceptors (Lipinski definition) is 6. The van der Waals surface area contributed by atoms with E-state index in [4.69, 9.17) is 14.2 Å². The maximum Gasteiger partial charge on any atom is 0.511 e. The molecule has 0 N–H and O–H groups in total. The normalized spacial score (nSPS) is 11.8. The number of ether oxygens (including phenoxy) is 3. The van der Waals surface area contributed by atoms with Crippen molar-refractivity contribution in [1.82, 2.24) is 0 Å². The summed E-state index contributed by atoms with van der Waals surface area (Å²) in [5.41, 5.74) is 0. The Bertz CT molecular complexity index is 324. The fourth-order valence-corrected chi connectivity index (χ4v) is 1.20. The summed E-state index contributed by atoms with van der Waals surface area (Å²) in [7, 11) is 0. The molecule has 0 aromatic rings. The lowest BCUT2D eigenvalue weighted by Gasteiger charge is -2.17. The maximum absolute atomic E-state index is 11.4. The van der Waals surface area contributed by atoms with Crippen molar-refractivity contribution in [3.63, 3.8) is 0 Å². The number of ketones is 1. The molecule has 0 aliphatic rings. The van der Waals surface area contributed by atoms with Crippen molar-refractivity contribution in [3.8, 4) is 0 Å². The molecule has 0 radical (unpaired) electrons. The lowest BCUT2D eigenvalue weighted by atomic mass is 10.2. The van der Waals surface area contributed by atoms with Crippen molar-refractivity contribution in [1.29, 1.82) is 0 Å². The van der Waals surface area contributed by atoms with Gasteiger partial charge in [0.15, 0.2) is 0 Å². The van der Waals surface area contributed by atoms with E-state index in [2.05, 4.69) is 0 Å². The molecule has 0 aromatic carbocycles. The van der Waals surface area contributed by atoms with Gasteiger partial charge in [0.2, 0.25) is 0 Å². The van der Waals surface area contributed by atoms with E-state index >= 15 is 0 Å². The van der Waals surface area contributed by atoms with Crippen molar-refractivity contribution >= 4 is 17.9 Å². The summed E-state index contributed by atoms with van der Waals surface area (Å²) in [4.78, 5) is 33.9. The average Bonchev–Trinajstić information content (AvgIpc) is 2.41. The molecule has 116 valence electrons. The molecule has 0 amide bonds. The SMILES string of the molecule is CCC(=O)CCC(OC(=O)CC)OC(=O)OCC(C)C. The van der Waals surface area contributed by atoms with Gasteiger partial charge in [-0.15, -0.1) is 0 Å². The second kappa shape index (κ2) is 10.2. The average molecular weight is 288 g/mol. The van der Waals surface area contributed by atoms with E-state index in [1.54, 1.807) is 13.8 Å². The third-order valence-corrected chi connectivity index (χ3v) is 2.37. The van der Waals surface area contributed by atoms with Crippen LogP contribution >= 0.6 is 0 Å². The smallest absolute Gasteiger partial charge is 0.434 e. The molecule has 6 nitrogen and oxygen atoms in total. The molecule has 6 heteroatoms. The van der Waals surface area contributed by atoms with Crippen LogP contribution < -0.4 is 0 Å². The first-order valence-electron chi connectivity index (χ1n) is 6.93. The quantitative estimate of drug-likeness (QED) is 0.479. The van der Waals surface area contributed by atoms with Crippen LogP contribution in [0.1, 0.15) is 53.4 Å². The van der Waals surface area contributed by atoms with Crippen LogP contribution in [0, 0.1) is 5.92 Å². The zero-order valence-electron chi connectivity index (χ0n) is 12.6. The minimum Gasteiger partial charge on any atom is -0.434 e. The highest BCUT2D eigenvalue weighted by Crippen LogP contribution is 2.09. The molecule has 0 aliphatic heterocycles. The molecular formula is C14H24O6. The number of carbonyl (C=O) groups is 3. The van der Waals surface area contributed by atoms with Gasteiger partial charge < -0.3 is 14.2 Å². The Labute approximate surface area is 119 Å². The van der Waals surface area contributed by atoms with Crippen LogP contribution in [0.3, 0.4) is 0 Å². The molecule has 0 aliphatic carbocycles. The molecule has 0 saturated heterocycles. The molecule has 0 aromatic heterocycles. The number of hydrogen-bond donors (Lipinski definition) is 0. The van der Waals surface area contributed by atoms with Crippen LogP contribution in [0.5, 0.6) is 0 Å². The van der Waals surface area contributed by atoms with Gasteiger partial charge in [-0.05, 0) is 5.92 Å². The predicted molar refractivity (Wildman–Crippen MR) is 72.0 cm³/mol. The lowest BCUT2D eigenvalue weighted by Crippen LogP contribution is -2.26. The molecule has 1 unspecified atom stereocenters. The Balaban J connectivity index is 4.32. The van der Waals surface area contributed by atoms with E-state index in [-0.39, 0.29) is 37.6 Å². The molecule has 0 fully saturated rings. The maximum atomic E-state index is 11.4. The van der Waals surface area contributed by atoms with E-state index in [1.165, 1.54) is 0 Å². The molecular weight excluding hydrogens is 264 g/mol. The Hall–Kier alpha value is -1.59. The van der Waals surface area contributed by atoms with E-state index in [1.807, 2.05) is 13.8 Å². The highest BCUT2D eigenvalue weighted by molar-refractivity contribution is 5.78. The molecule has 0 saturated carbocycles. The van der Waals surface area contributed by atoms with Crippen molar-refractivity contribution < 1.29 is 28.6 Å². The summed E-state index contributed by atoms with van der Waals surface area (Å²) in [6.07, 6.45) is -1.06. The Morgan fingerprint density at radius 1 is 1.00 bits per heavy atom. The summed E-state index contributed by atoms with van der Waals surface area (Å²) in [6.45, 7) is 7.38. The minimum atomic E-state index is -1.07. The minimum absolute atomic E-state index is 0.0155. The van der Waals surface area contributed by atoms with Gasteiger partial charge >= 0.3 is 12.1 Å². The highest BCUT2D eigenvalue weighted by Gasteiger charge is 2.20. The van der Waals surface area contributed by atoms with Gasteiger partial charge in [-0.2, -0.15) is 0 Å². The van der Waals surface area contributed by atoms with Crippen LogP contribution in [0.25, 0.3) is 0 Å². The second-order valence-corrected chi connectivity index (χ2v) is 4.78. The predicted octanol–water partition coefficient (Wildman–Crippen LogP) is 2.83. The largest absolute Gasteiger partial charge is 0.511 e. The standard InChI is InChI=1S/C14H24O6/c1-5-11(15)7-8-13(19-12(16)6-2)20-14(17)18-9-10(3)4/h10,13H,5-9H2,1-4H3.